The summed E-state index contributed by atoms with van der Waals surface area (Å²) in [4.78, 5) is 43.5. The highest BCUT2D eigenvalue weighted by molar-refractivity contribution is 9.09. The number of alkyl halides is 1. The van der Waals surface area contributed by atoms with Gasteiger partial charge in [-0.2, -0.15) is 0 Å². The van der Waals surface area contributed by atoms with Crippen LogP contribution in [0.25, 0.3) is 0 Å². The third-order valence-corrected chi connectivity index (χ3v) is 10.9. The third-order valence-electron chi connectivity index (χ3n) is 7.34. The van der Waals surface area contributed by atoms with Crippen LogP contribution in [0.1, 0.15) is 32.1 Å². The summed E-state index contributed by atoms with van der Waals surface area (Å²) in [5, 5.41) is 19.3. The Kier molecular flexibility index (Phi) is 8.20. The van der Waals surface area contributed by atoms with E-state index in [0.29, 0.717) is 36.5 Å². The molecule has 1 aromatic carbocycles. The van der Waals surface area contributed by atoms with Crippen LogP contribution in [0.4, 0.5) is 5.69 Å². The van der Waals surface area contributed by atoms with Crippen LogP contribution < -0.4 is 4.90 Å². The number of anilines is 1. The molecule has 6 atom stereocenters. The summed E-state index contributed by atoms with van der Waals surface area (Å²) >= 11 is 11.6. The zero-order valence-electron chi connectivity index (χ0n) is 19.3. The van der Waals surface area contributed by atoms with Crippen molar-refractivity contribution in [1.29, 1.82) is 0 Å². The number of carboxylic acids is 1. The fraction of sp³-hybridized carbons (Fsp3) is 0.560. The lowest BCUT2D eigenvalue weighted by molar-refractivity contribution is -0.148. The number of carboxylic acid groups (broad SMARTS) is 1. The first kappa shape index (κ1) is 26.5. The van der Waals surface area contributed by atoms with E-state index in [-0.39, 0.29) is 35.0 Å². The standard InChI is InChI=1S/C25H30BrClN2O5S/c1-2-11-28(17-10-6-5-9-16(17)27)23(32)21-25-14-15(26)20(35-25)18(24(33)34)19(25)22(31)29(21)12-7-3-4-8-13-30/h2,5-6,9-10,15,18-21,30H,1,3-4,7-8,11-14H2,(H,33,34)/t15?,18-,19+,20-,21?,25?/m1/s1. The van der Waals surface area contributed by atoms with Gasteiger partial charge in [0.15, 0.2) is 0 Å². The Morgan fingerprint density at radius 2 is 2.00 bits per heavy atom. The summed E-state index contributed by atoms with van der Waals surface area (Å²) in [5.74, 6) is -3.08. The van der Waals surface area contributed by atoms with E-state index in [0.717, 1.165) is 12.8 Å². The summed E-state index contributed by atoms with van der Waals surface area (Å²) in [6, 6.07) is 6.27. The Balaban J connectivity index is 1.73. The molecular weight excluding hydrogens is 556 g/mol. The minimum atomic E-state index is -0.989. The van der Waals surface area contributed by atoms with Crippen LogP contribution in [0.15, 0.2) is 36.9 Å². The molecule has 190 valence electrons. The summed E-state index contributed by atoms with van der Waals surface area (Å²) in [7, 11) is 0. The van der Waals surface area contributed by atoms with Crippen LogP contribution in [0, 0.1) is 11.8 Å². The van der Waals surface area contributed by atoms with E-state index in [4.69, 9.17) is 16.7 Å². The van der Waals surface area contributed by atoms with Crippen LogP contribution in [-0.2, 0) is 14.4 Å². The molecule has 7 nitrogen and oxygen atoms in total. The number of aliphatic hydroxyl groups excluding tert-OH is 1. The first-order valence-corrected chi connectivity index (χ1v) is 14.1. The minimum Gasteiger partial charge on any atom is -0.481 e. The molecule has 35 heavy (non-hydrogen) atoms. The van der Waals surface area contributed by atoms with Gasteiger partial charge in [0.25, 0.3) is 5.91 Å². The number of hydrogen-bond acceptors (Lipinski definition) is 5. The number of carbonyl (C=O) groups is 3. The van der Waals surface area contributed by atoms with Crippen molar-refractivity contribution in [3.63, 3.8) is 0 Å². The van der Waals surface area contributed by atoms with Gasteiger partial charge < -0.3 is 20.0 Å². The normalized spacial score (nSPS) is 31.0. The number of fused-ring (bicyclic) bond motifs is 1. The number of nitrogens with zero attached hydrogens (tertiary/aromatic N) is 2. The molecule has 0 aliphatic carbocycles. The van der Waals surface area contributed by atoms with Gasteiger partial charge in [-0.3, -0.25) is 14.4 Å². The number of rotatable bonds is 11. The minimum absolute atomic E-state index is 0.0920. The van der Waals surface area contributed by atoms with Crippen molar-refractivity contribution in [2.24, 2.45) is 11.8 Å². The topological polar surface area (TPSA) is 98.2 Å². The summed E-state index contributed by atoms with van der Waals surface area (Å²) in [6.07, 6.45) is 5.17. The van der Waals surface area contributed by atoms with E-state index in [1.165, 1.54) is 11.8 Å². The Labute approximate surface area is 223 Å². The number of thioether (sulfide) groups is 1. The van der Waals surface area contributed by atoms with Gasteiger partial charge in [-0.25, -0.2) is 0 Å². The van der Waals surface area contributed by atoms with E-state index >= 15 is 0 Å². The van der Waals surface area contributed by atoms with E-state index in [2.05, 4.69) is 22.5 Å². The molecule has 2 bridgehead atoms. The van der Waals surface area contributed by atoms with E-state index in [1.54, 1.807) is 40.1 Å². The Morgan fingerprint density at radius 3 is 2.66 bits per heavy atom. The number of aliphatic hydroxyl groups is 1. The number of amides is 2. The maximum Gasteiger partial charge on any atom is 0.308 e. The van der Waals surface area contributed by atoms with E-state index in [1.807, 2.05) is 0 Å². The molecule has 3 aliphatic rings. The predicted octanol–water partition coefficient (Wildman–Crippen LogP) is 3.96. The van der Waals surface area contributed by atoms with Gasteiger partial charge >= 0.3 is 5.97 Å². The highest BCUT2D eigenvalue weighted by Gasteiger charge is 2.76. The second kappa shape index (κ2) is 10.8. The number of carbonyl (C=O) groups excluding carboxylic acids is 2. The molecule has 3 aliphatic heterocycles. The quantitative estimate of drug-likeness (QED) is 0.232. The fourth-order valence-electron chi connectivity index (χ4n) is 5.93. The average molecular weight is 586 g/mol. The van der Waals surface area contributed by atoms with Crippen molar-refractivity contribution < 1.29 is 24.6 Å². The number of aliphatic carboxylic acids is 1. The largest absolute Gasteiger partial charge is 0.481 e. The first-order chi connectivity index (χ1) is 16.8. The number of benzene rings is 1. The number of halogens is 2. The van der Waals surface area contributed by atoms with Crippen LogP contribution >= 0.6 is 39.3 Å². The molecule has 10 heteroatoms. The number of hydrogen-bond donors (Lipinski definition) is 2. The van der Waals surface area contributed by atoms with Crippen molar-refractivity contribution in [3.8, 4) is 0 Å². The van der Waals surface area contributed by atoms with E-state index in [9.17, 15) is 19.5 Å². The van der Waals surface area contributed by atoms with Crippen LogP contribution in [0.5, 0.6) is 0 Å². The smallest absolute Gasteiger partial charge is 0.308 e. The van der Waals surface area contributed by atoms with Gasteiger partial charge in [0.05, 0.1) is 27.3 Å². The van der Waals surface area contributed by atoms with Crippen molar-refractivity contribution in [2.45, 2.75) is 53.0 Å². The first-order valence-electron chi connectivity index (χ1n) is 11.9. The Bertz CT molecular complexity index is 1010. The van der Waals surface area contributed by atoms with Gasteiger partial charge in [0.1, 0.15) is 6.04 Å². The Hall–Kier alpha value is -1.55. The van der Waals surface area contributed by atoms with Crippen molar-refractivity contribution in [1.82, 2.24) is 4.90 Å². The molecule has 4 rings (SSSR count). The van der Waals surface area contributed by atoms with Gasteiger partial charge in [0.2, 0.25) is 5.91 Å². The molecule has 0 radical (unpaired) electrons. The molecule has 2 amide bonds. The second-order valence-electron chi connectivity index (χ2n) is 9.36. The Morgan fingerprint density at radius 1 is 1.29 bits per heavy atom. The number of unbranched alkanes of at least 4 members (excludes halogenated alkanes) is 3. The van der Waals surface area contributed by atoms with Crippen LogP contribution in [0.3, 0.4) is 0 Å². The molecule has 0 saturated carbocycles. The summed E-state index contributed by atoms with van der Waals surface area (Å²) < 4.78 is -0.818. The van der Waals surface area contributed by atoms with Crippen molar-refractivity contribution in [3.05, 3.63) is 41.9 Å². The van der Waals surface area contributed by atoms with Gasteiger partial charge in [-0.15, -0.1) is 18.3 Å². The molecule has 1 aromatic rings. The predicted molar refractivity (Wildman–Crippen MR) is 141 cm³/mol. The average Bonchev–Trinajstić information content (AvgIpc) is 3.41. The molecule has 3 unspecified atom stereocenters. The van der Waals surface area contributed by atoms with Crippen molar-refractivity contribution in [2.75, 3.05) is 24.6 Å². The molecule has 3 fully saturated rings. The van der Waals surface area contributed by atoms with Gasteiger partial charge in [-0.1, -0.05) is 58.6 Å². The fourth-order valence-corrected chi connectivity index (χ4v) is 9.77. The maximum atomic E-state index is 14.3. The second-order valence-corrected chi connectivity index (χ2v) is 12.5. The lowest BCUT2D eigenvalue weighted by Gasteiger charge is -2.38. The lowest BCUT2D eigenvalue weighted by Crippen LogP contribution is -2.55. The molecule has 2 N–H and O–H groups in total. The zero-order chi connectivity index (χ0) is 25.3. The van der Waals surface area contributed by atoms with Crippen LogP contribution in [0.2, 0.25) is 5.02 Å². The third kappa shape index (κ3) is 4.54. The number of likely N-dealkylation sites (tertiary alicyclic amines) is 1. The monoisotopic (exact) mass is 584 g/mol. The van der Waals surface area contributed by atoms with Gasteiger partial charge in [0, 0.05) is 29.8 Å². The number of para-hydroxylation sites is 1. The van der Waals surface area contributed by atoms with E-state index < -0.39 is 28.6 Å². The molecule has 1 spiro atoms. The maximum absolute atomic E-state index is 14.3. The highest BCUT2D eigenvalue weighted by Crippen LogP contribution is 2.67. The molecule has 3 saturated heterocycles. The lowest BCUT2D eigenvalue weighted by atomic mass is 9.71. The molecule has 3 heterocycles. The zero-order valence-corrected chi connectivity index (χ0v) is 22.5. The molecular formula is C25H30BrClN2O5S. The van der Waals surface area contributed by atoms with Crippen molar-refractivity contribution >= 4 is 62.8 Å². The van der Waals surface area contributed by atoms with Gasteiger partial charge in [-0.05, 0) is 31.4 Å². The summed E-state index contributed by atoms with van der Waals surface area (Å²) in [5.41, 5.74) is 0.539. The molecule has 0 aromatic heterocycles. The SMILES string of the molecule is C=CCN(C(=O)C1N(CCCCCCO)C(=O)[C@@H]2[C@@H](C(=O)O)[C@@H]3SC12CC3Br)c1ccccc1Cl. The highest BCUT2D eigenvalue weighted by atomic mass is 79.9. The summed E-state index contributed by atoms with van der Waals surface area (Å²) in [6.45, 7) is 4.51. The van der Waals surface area contributed by atoms with Crippen LogP contribution in [-0.4, -0.2) is 73.5 Å².